The summed E-state index contributed by atoms with van der Waals surface area (Å²) in [4.78, 5) is 24.1. The summed E-state index contributed by atoms with van der Waals surface area (Å²) in [7, 11) is 0. The molecule has 0 radical (unpaired) electrons. The summed E-state index contributed by atoms with van der Waals surface area (Å²) in [6.07, 6.45) is 1.90. The lowest BCUT2D eigenvalue weighted by atomic mass is 9.74. The average molecular weight is 550 g/mol. The lowest BCUT2D eigenvalue weighted by Crippen LogP contribution is -2.49. The number of nitrogens with one attached hydrogen (secondary N) is 2. The molecule has 7 heteroatoms. The van der Waals surface area contributed by atoms with Crippen LogP contribution in [0.4, 0.5) is 17.2 Å². The van der Waals surface area contributed by atoms with E-state index in [-0.39, 0.29) is 5.91 Å². The van der Waals surface area contributed by atoms with Crippen molar-refractivity contribution in [1.29, 1.82) is 0 Å². The minimum absolute atomic E-state index is 0.0355. The number of hydrogen-bond acceptors (Lipinski definition) is 5. The van der Waals surface area contributed by atoms with Crippen molar-refractivity contribution in [3.8, 4) is 11.5 Å². The molecule has 0 aliphatic carbocycles. The number of aromatic nitrogens is 1. The molecular weight excluding hydrogens is 510 g/mol. The van der Waals surface area contributed by atoms with Gasteiger partial charge in [-0.1, -0.05) is 30.3 Å². The van der Waals surface area contributed by atoms with Crippen LogP contribution in [0.25, 0.3) is 0 Å². The first-order valence-electron chi connectivity index (χ1n) is 14.8. The highest BCUT2D eigenvalue weighted by Crippen LogP contribution is 2.58. The minimum atomic E-state index is -0.808. The zero-order valence-electron chi connectivity index (χ0n) is 24.4. The fraction of sp³-hybridized carbons (Fsp3) is 0.324. The Morgan fingerprint density at radius 1 is 0.780 bits per heavy atom. The highest BCUT2D eigenvalue weighted by molar-refractivity contribution is 6.02. The van der Waals surface area contributed by atoms with Gasteiger partial charge in [-0.15, -0.1) is 0 Å². The Morgan fingerprint density at radius 2 is 1.39 bits per heavy atom. The highest BCUT2D eigenvalue weighted by atomic mass is 16.5. The molecule has 3 aromatic carbocycles. The van der Waals surface area contributed by atoms with E-state index >= 15 is 0 Å². The van der Waals surface area contributed by atoms with E-state index < -0.39 is 5.54 Å². The van der Waals surface area contributed by atoms with E-state index in [1.54, 1.807) is 0 Å². The molecule has 2 aliphatic heterocycles. The van der Waals surface area contributed by atoms with Crippen LogP contribution >= 0.6 is 0 Å². The van der Waals surface area contributed by atoms with Gasteiger partial charge in [0.05, 0.1) is 0 Å². The summed E-state index contributed by atoms with van der Waals surface area (Å²) in [6, 6.07) is 25.0. The number of H-pyrrole nitrogens is 1. The maximum absolute atomic E-state index is 14.3. The Labute approximate surface area is 242 Å². The predicted octanol–water partition coefficient (Wildman–Crippen LogP) is 6.67. The maximum atomic E-state index is 14.3. The van der Waals surface area contributed by atoms with Gasteiger partial charge < -0.3 is 29.7 Å². The molecule has 4 aromatic rings. The van der Waals surface area contributed by atoms with Crippen molar-refractivity contribution in [2.45, 2.75) is 33.2 Å². The van der Waals surface area contributed by atoms with Gasteiger partial charge in [-0.2, -0.15) is 0 Å². The van der Waals surface area contributed by atoms with Crippen LogP contribution in [0, 0.1) is 0 Å². The quantitative estimate of drug-likeness (QED) is 0.231. The molecule has 1 amide bonds. The van der Waals surface area contributed by atoms with Gasteiger partial charge in [0.15, 0.2) is 0 Å². The van der Waals surface area contributed by atoms with Crippen molar-refractivity contribution >= 4 is 23.1 Å². The van der Waals surface area contributed by atoms with Gasteiger partial charge in [0.25, 0.3) is 5.91 Å². The van der Waals surface area contributed by atoms with E-state index in [9.17, 15) is 4.79 Å². The smallest absolute Gasteiger partial charge is 0.255 e. The van der Waals surface area contributed by atoms with Crippen molar-refractivity contribution in [2.75, 3.05) is 54.4 Å². The second-order valence-electron chi connectivity index (χ2n) is 10.5. The summed E-state index contributed by atoms with van der Waals surface area (Å²) in [5.74, 6) is 2.56. The van der Waals surface area contributed by atoms with Crippen LogP contribution in [0.15, 0.2) is 79.0 Å². The number of carbonyl (C=O) groups is 1. The van der Waals surface area contributed by atoms with Crippen LogP contribution in [0.3, 0.4) is 0 Å². The van der Waals surface area contributed by atoms with Crippen molar-refractivity contribution in [2.24, 2.45) is 0 Å². The predicted molar refractivity (Wildman–Crippen MR) is 167 cm³/mol. The Morgan fingerprint density at radius 3 is 1.95 bits per heavy atom. The SMILES string of the molecule is CCN(CC)c1ccc2c(c1)Oc1cc(N(CC)CC)ccc1C21c2ccccc2C(=O)N1CCNc1ccc[nH]1. The first-order valence-corrected chi connectivity index (χ1v) is 14.8. The number of benzene rings is 3. The molecule has 3 heterocycles. The van der Waals surface area contributed by atoms with Crippen molar-refractivity contribution in [3.05, 3.63) is 101 Å². The van der Waals surface area contributed by atoms with Crippen LogP contribution in [-0.2, 0) is 5.54 Å². The lowest BCUT2D eigenvalue weighted by molar-refractivity contribution is 0.0675. The van der Waals surface area contributed by atoms with Gasteiger partial charge in [-0.05, 0) is 63.6 Å². The molecule has 212 valence electrons. The van der Waals surface area contributed by atoms with Crippen LogP contribution in [0.1, 0.15) is 54.7 Å². The third kappa shape index (κ3) is 4.22. The second-order valence-corrected chi connectivity index (χ2v) is 10.5. The monoisotopic (exact) mass is 549 g/mol. The zero-order valence-corrected chi connectivity index (χ0v) is 24.4. The molecule has 41 heavy (non-hydrogen) atoms. The summed E-state index contributed by atoms with van der Waals surface area (Å²) in [5, 5.41) is 3.45. The van der Waals surface area contributed by atoms with Gasteiger partial charge >= 0.3 is 0 Å². The van der Waals surface area contributed by atoms with Gasteiger partial charge in [0.1, 0.15) is 22.9 Å². The van der Waals surface area contributed by atoms with E-state index in [1.165, 1.54) is 0 Å². The fourth-order valence-electron chi connectivity index (χ4n) is 6.64. The molecule has 0 saturated heterocycles. The molecule has 0 saturated carbocycles. The van der Waals surface area contributed by atoms with Gasteiger partial charge in [-0.25, -0.2) is 0 Å². The number of rotatable bonds is 10. The number of hydrogen-bond donors (Lipinski definition) is 2. The zero-order chi connectivity index (χ0) is 28.6. The van der Waals surface area contributed by atoms with Gasteiger partial charge in [-0.3, -0.25) is 4.79 Å². The number of amides is 1. The Balaban J connectivity index is 1.56. The normalized spacial score (nSPS) is 14.3. The van der Waals surface area contributed by atoms with Crippen LogP contribution in [-0.4, -0.2) is 55.1 Å². The summed E-state index contributed by atoms with van der Waals surface area (Å²) in [5.41, 5.74) is 5.16. The van der Waals surface area contributed by atoms with E-state index in [1.807, 2.05) is 41.4 Å². The van der Waals surface area contributed by atoms with Crippen LogP contribution in [0.5, 0.6) is 11.5 Å². The van der Waals surface area contributed by atoms with Crippen molar-refractivity contribution < 1.29 is 9.53 Å². The standard InChI is InChI=1S/C34H39N5O2/c1-5-37(6-2)24-15-17-28-30(22-24)41-31-23-25(38(7-3)8-4)16-18-29(31)34(28)27-13-10-9-12-26(27)33(40)39(34)21-20-36-32-14-11-19-35-32/h9-19,22-23,35-36H,5-8,20-21H2,1-4H3. The summed E-state index contributed by atoms with van der Waals surface area (Å²) in [6.45, 7) is 13.4. The molecule has 0 fully saturated rings. The Kier molecular flexibility index (Phi) is 7.12. The van der Waals surface area contributed by atoms with Gasteiger partial charge in [0, 0.05) is 85.7 Å². The topological polar surface area (TPSA) is 63.8 Å². The molecular formula is C34H39N5O2. The largest absolute Gasteiger partial charge is 0.456 e. The average Bonchev–Trinajstić information content (AvgIpc) is 3.60. The molecule has 1 spiro atoms. The first kappa shape index (κ1) is 26.8. The number of nitrogens with zero attached hydrogens (tertiary/aromatic N) is 3. The molecule has 0 unspecified atom stereocenters. The third-order valence-electron chi connectivity index (χ3n) is 8.63. The van der Waals surface area contributed by atoms with E-state index in [0.717, 1.165) is 77.1 Å². The number of ether oxygens (including phenoxy) is 1. The lowest BCUT2D eigenvalue weighted by Gasteiger charge is -2.45. The summed E-state index contributed by atoms with van der Waals surface area (Å²) >= 11 is 0. The van der Waals surface area contributed by atoms with Crippen molar-refractivity contribution in [3.63, 3.8) is 0 Å². The number of carbonyl (C=O) groups excluding carboxylic acids is 1. The first-order chi connectivity index (χ1) is 20.1. The molecule has 2 N–H and O–H groups in total. The van der Waals surface area contributed by atoms with E-state index in [0.29, 0.717) is 13.1 Å². The molecule has 1 aromatic heterocycles. The molecule has 7 nitrogen and oxygen atoms in total. The van der Waals surface area contributed by atoms with Gasteiger partial charge in [0.2, 0.25) is 0 Å². The van der Waals surface area contributed by atoms with Crippen molar-refractivity contribution in [1.82, 2.24) is 9.88 Å². The maximum Gasteiger partial charge on any atom is 0.255 e. The minimum Gasteiger partial charge on any atom is -0.456 e. The molecule has 6 rings (SSSR count). The highest BCUT2D eigenvalue weighted by Gasteiger charge is 2.56. The summed E-state index contributed by atoms with van der Waals surface area (Å²) < 4.78 is 6.77. The Hall–Kier alpha value is -4.39. The van der Waals surface area contributed by atoms with Crippen LogP contribution in [0.2, 0.25) is 0 Å². The van der Waals surface area contributed by atoms with E-state index in [2.05, 4.69) is 90.3 Å². The third-order valence-corrected chi connectivity index (χ3v) is 8.63. The molecule has 2 aliphatic rings. The molecule has 0 bridgehead atoms. The van der Waals surface area contributed by atoms with Crippen LogP contribution < -0.4 is 19.9 Å². The Bertz CT molecular complexity index is 1480. The number of anilines is 3. The number of fused-ring (bicyclic) bond motifs is 6. The number of aromatic amines is 1. The van der Waals surface area contributed by atoms with E-state index in [4.69, 9.17) is 4.74 Å². The molecule has 0 atom stereocenters. The second kappa shape index (κ2) is 10.9. The fourth-order valence-corrected chi connectivity index (χ4v) is 6.64.